The number of fused-ring (bicyclic) bond motifs is 8. The fourth-order valence-corrected chi connectivity index (χ4v) is 9.11. The fourth-order valence-electron chi connectivity index (χ4n) is 4.78. The van der Waals surface area contributed by atoms with Gasteiger partial charge in [0.1, 0.15) is 6.67 Å². The van der Waals surface area contributed by atoms with E-state index in [1.807, 2.05) is 11.3 Å². The highest BCUT2D eigenvalue weighted by Crippen LogP contribution is 2.46. The minimum atomic E-state index is 0.456. The van der Waals surface area contributed by atoms with Gasteiger partial charge in [0.05, 0.1) is 22.1 Å². The molecule has 4 aromatic heterocycles. The third-order valence-corrected chi connectivity index (χ3v) is 11.0. The maximum Gasteiger partial charge on any atom is 0.130 e. The Hall–Kier alpha value is -2.78. The van der Waals surface area contributed by atoms with Crippen molar-refractivity contribution in [2.24, 2.45) is 15.0 Å². The third-order valence-electron chi connectivity index (χ3n) is 6.28. The maximum atomic E-state index is 9.12. The number of aliphatic imine (C=N–C) groups is 1. The van der Waals surface area contributed by atoms with Crippen LogP contribution in [0.3, 0.4) is 0 Å². The normalized spacial score (nSPS) is 15.4. The molecule has 166 valence electrons. The summed E-state index contributed by atoms with van der Waals surface area (Å²) in [5.41, 5.74) is 4.36. The van der Waals surface area contributed by atoms with E-state index in [0.717, 1.165) is 48.1 Å². The van der Waals surface area contributed by atoms with Crippen LogP contribution < -0.4 is 10.7 Å². The van der Waals surface area contributed by atoms with Crippen molar-refractivity contribution in [2.45, 2.75) is 13.8 Å². The second-order valence-electron chi connectivity index (χ2n) is 8.38. The highest BCUT2D eigenvalue weighted by atomic mass is 32.1. The standard InChI is InChI=1S/C26H18N4S4/c1-11-4-6-15(31-11)17-8-13-21(27)23(28-3)19-20(25(13)33-17)24-22(29-10-30-24)14-9-18(34-26(14)19)16-7-5-12(2)32-16/h4-9,27H,10H2,1-3H3. The van der Waals surface area contributed by atoms with Gasteiger partial charge in [-0.15, -0.1) is 45.3 Å². The molecule has 34 heavy (non-hydrogen) atoms. The molecule has 0 bridgehead atoms. The van der Waals surface area contributed by atoms with Gasteiger partial charge in [0.15, 0.2) is 0 Å². The van der Waals surface area contributed by atoms with Gasteiger partial charge in [0.25, 0.3) is 0 Å². The number of nitrogens with zero attached hydrogens (tertiary/aromatic N) is 3. The minimum absolute atomic E-state index is 0.456. The van der Waals surface area contributed by atoms with Crippen LogP contribution in [0.2, 0.25) is 0 Å². The van der Waals surface area contributed by atoms with Crippen molar-refractivity contribution in [3.05, 3.63) is 68.0 Å². The molecule has 2 aliphatic rings. The van der Waals surface area contributed by atoms with Gasteiger partial charge < -0.3 is 0 Å². The first-order valence-electron chi connectivity index (χ1n) is 10.9. The molecular formula is C26H18N4S4. The number of thiophene rings is 4. The zero-order valence-corrected chi connectivity index (χ0v) is 21.9. The molecule has 5 heterocycles. The lowest BCUT2D eigenvalue weighted by Gasteiger charge is -2.20. The lowest BCUT2D eigenvalue weighted by Crippen LogP contribution is -2.32. The summed E-state index contributed by atoms with van der Waals surface area (Å²) in [6.45, 7) is 4.73. The van der Waals surface area contributed by atoms with Crippen LogP contribution in [0.1, 0.15) is 20.9 Å². The van der Waals surface area contributed by atoms with E-state index in [1.54, 1.807) is 41.1 Å². The van der Waals surface area contributed by atoms with Crippen molar-refractivity contribution >= 4 is 66.9 Å². The highest BCUT2D eigenvalue weighted by molar-refractivity contribution is 7.27. The average molecular weight is 515 g/mol. The Morgan fingerprint density at radius 3 is 2.12 bits per heavy atom. The molecule has 5 aromatic rings. The van der Waals surface area contributed by atoms with Gasteiger partial charge in [-0.05, 0) is 50.2 Å². The summed E-state index contributed by atoms with van der Waals surface area (Å²) < 4.78 is 1.16. The molecule has 0 unspecified atom stereocenters. The van der Waals surface area contributed by atoms with Gasteiger partial charge in [0, 0.05) is 68.0 Å². The van der Waals surface area contributed by atoms with Crippen LogP contribution >= 0.6 is 45.3 Å². The van der Waals surface area contributed by atoms with Gasteiger partial charge >= 0.3 is 0 Å². The van der Waals surface area contributed by atoms with Gasteiger partial charge in [-0.2, -0.15) is 0 Å². The van der Waals surface area contributed by atoms with Crippen LogP contribution in [0.25, 0.3) is 40.0 Å². The number of benzene rings is 1. The van der Waals surface area contributed by atoms with E-state index in [1.165, 1.54) is 29.3 Å². The molecule has 1 aliphatic carbocycles. The largest absolute Gasteiger partial charge is 0.298 e. The number of hydrogen-bond donors (Lipinski definition) is 1. The van der Waals surface area contributed by atoms with Crippen molar-refractivity contribution in [3.63, 3.8) is 0 Å². The zero-order valence-electron chi connectivity index (χ0n) is 18.6. The summed E-state index contributed by atoms with van der Waals surface area (Å²) in [6.07, 6.45) is 0. The van der Waals surface area contributed by atoms with E-state index >= 15 is 0 Å². The van der Waals surface area contributed by atoms with E-state index in [9.17, 15) is 0 Å². The summed E-state index contributed by atoms with van der Waals surface area (Å²) in [6, 6.07) is 13.1. The Kier molecular flexibility index (Phi) is 4.45. The first kappa shape index (κ1) is 20.6. The van der Waals surface area contributed by atoms with Crippen molar-refractivity contribution in [3.8, 4) is 29.9 Å². The Bertz CT molecular complexity index is 1840. The van der Waals surface area contributed by atoms with Crippen LogP contribution in [0.4, 0.5) is 0 Å². The molecule has 0 saturated heterocycles. The average Bonchev–Trinajstić information content (AvgIpc) is 3.61. The van der Waals surface area contributed by atoms with Crippen LogP contribution in [0.5, 0.6) is 0 Å². The van der Waals surface area contributed by atoms with Gasteiger partial charge in [-0.1, -0.05) is 0 Å². The van der Waals surface area contributed by atoms with E-state index in [0.29, 0.717) is 12.4 Å². The van der Waals surface area contributed by atoms with E-state index in [2.05, 4.69) is 55.2 Å². The van der Waals surface area contributed by atoms with E-state index in [4.69, 9.17) is 15.4 Å². The van der Waals surface area contributed by atoms with E-state index in [-0.39, 0.29) is 0 Å². The first-order chi connectivity index (χ1) is 16.5. The van der Waals surface area contributed by atoms with Crippen molar-refractivity contribution in [1.29, 1.82) is 5.41 Å². The number of nitrogens with one attached hydrogen (secondary N) is 1. The Labute approximate surface area is 211 Å². The van der Waals surface area contributed by atoms with Crippen LogP contribution in [-0.2, 0) is 0 Å². The summed E-state index contributed by atoms with van der Waals surface area (Å²) >= 11 is 7.15. The zero-order chi connectivity index (χ0) is 23.1. The molecule has 0 atom stereocenters. The molecule has 7 rings (SSSR count). The highest BCUT2D eigenvalue weighted by Gasteiger charge is 2.33. The molecule has 8 heteroatoms. The summed E-state index contributed by atoms with van der Waals surface area (Å²) in [5.74, 6) is 0. The predicted octanol–water partition coefficient (Wildman–Crippen LogP) is 6.71. The first-order valence-corrected chi connectivity index (χ1v) is 14.1. The van der Waals surface area contributed by atoms with Crippen LogP contribution in [-0.4, -0.2) is 25.1 Å². The molecule has 1 N–H and O–H groups in total. The van der Waals surface area contributed by atoms with Gasteiger partial charge in [-0.25, -0.2) is 0 Å². The van der Waals surface area contributed by atoms with Gasteiger partial charge in [-0.3, -0.25) is 20.4 Å². The van der Waals surface area contributed by atoms with Crippen molar-refractivity contribution in [2.75, 3.05) is 13.7 Å². The van der Waals surface area contributed by atoms with E-state index < -0.39 is 0 Å². The Balaban J connectivity index is 1.59. The second kappa shape index (κ2) is 7.36. The van der Waals surface area contributed by atoms with Crippen molar-refractivity contribution < 1.29 is 0 Å². The predicted molar refractivity (Wildman–Crippen MR) is 148 cm³/mol. The van der Waals surface area contributed by atoms with Gasteiger partial charge in [0.2, 0.25) is 0 Å². The molecule has 0 spiro atoms. The van der Waals surface area contributed by atoms with Crippen LogP contribution in [0, 0.1) is 19.3 Å². The lowest BCUT2D eigenvalue weighted by molar-refractivity contribution is 1.06. The maximum absolute atomic E-state index is 9.12. The van der Waals surface area contributed by atoms with Crippen LogP contribution in [0.15, 0.2) is 51.4 Å². The quantitative estimate of drug-likeness (QED) is 0.272. The monoisotopic (exact) mass is 514 g/mol. The number of hydrogen-bond acceptors (Lipinski definition) is 8. The Morgan fingerprint density at radius 1 is 0.794 bits per heavy atom. The molecular weight excluding hydrogens is 497 g/mol. The molecule has 1 aromatic carbocycles. The topological polar surface area (TPSA) is 60.9 Å². The molecule has 1 aliphatic heterocycles. The Morgan fingerprint density at radius 2 is 1.47 bits per heavy atom. The number of rotatable bonds is 2. The molecule has 0 fully saturated rings. The molecule has 0 radical (unpaired) electrons. The smallest absolute Gasteiger partial charge is 0.130 e. The summed E-state index contributed by atoms with van der Waals surface area (Å²) in [4.78, 5) is 23.0. The number of aryl methyl sites for hydroxylation is 2. The minimum Gasteiger partial charge on any atom is -0.298 e. The lowest BCUT2D eigenvalue weighted by atomic mass is 9.86. The molecule has 4 nitrogen and oxygen atoms in total. The third kappa shape index (κ3) is 2.80. The summed E-state index contributed by atoms with van der Waals surface area (Å²) in [7, 11) is 1.80. The fraction of sp³-hybridized carbons (Fsp3) is 0.154. The molecule has 0 saturated carbocycles. The summed E-state index contributed by atoms with van der Waals surface area (Å²) in [5, 5.41) is 12.2. The SMILES string of the molecule is CN=C1C(=N)c2cc(-c3ccc(C)s3)sc2-c2c1c1sc(-c3ccc(C)s3)cc1c1c2=NCN=1. The van der Waals surface area contributed by atoms with Crippen molar-refractivity contribution in [1.82, 2.24) is 0 Å². The molecule has 0 amide bonds. The second-order valence-corrected chi connectivity index (χ2v) is 13.1.